The van der Waals surface area contributed by atoms with E-state index in [4.69, 9.17) is 9.47 Å². The van der Waals surface area contributed by atoms with E-state index in [2.05, 4.69) is 50.4 Å². The van der Waals surface area contributed by atoms with E-state index in [9.17, 15) is 9.59 Å². The second-order valence-electron chi connectivity index (χ2n) is 9.69. The van der Waals surface area contributed by atoms with Crippen LogP contribution in [0.5, 0.6) is 0 Å². The van der Waals surface area contributed by atoms with Crippen LogP contribution < -0.4 is 5.32 Å². The number of benzene rings is 1. The summed E-state index contributed by atoms with van der Waals surface area (Å²) in [6.45, 7) is 10.6. The number of nitrogens with one attached hydrogen (secondary N) is 1. The maximum absolute atomic E-state index is 13.4. The Morgan fingerprint density at radius 2 is 1.87 bits per heavy atom. The third kappa shape index (κ3) is 4.41. The Hall–Kier alpha value is -1.88. The molecule has 30 heavy (non-hydrogen) atoms. The van der Waals surface area contributed by atoms with Gasteiger partial charge in [-0.05, 0) is 49.5 Å². The Kier molecular flexibility index (Phi) is 6.91. The van der Waals surface area contributed by atoms with E-state index in [1.54, 1.807) is 0 Å². The van der Waals surface area contributed by atoms with Crippen molar-refractivity contribution in [3.05, 3.63) is 35.9 Å². The summed E-state index contributed by atoms with van der Waals surface area (Å²) >= 11 is 0. The third-order valence-electron chi connectivity index (χ3n) is 7.24. The number of ether oxygens (including phenoxy) is 2. The van der Waals surface area contributed by atoms with Gasteiger partial charge in [0.2, 0.25) is 5.91 Å². The lowest BCUT2D eigenvalue weighted by molar-refractivity contribution is -0.184. The molecule has 2 aliphatic rings. The average Bonchev–Trinajstić information content (AvgIpc) is 2.69. The van der Waals surface area contributed by atoms with Crippen LogP contribution >= 0.6 is 0 Å². The Morgan fingerprint density at radius 3 is 2.43 bits per heavy atom. The van der Waals surface area contributed by atoms with E-state index in [0.29, 0.717) is 18.9 Å². The van der Waals surface area contributed by atoms with Gasteiger partial charge in [0.15, 0.2) is 5.54 Å². The molecule has 0 aliphatic heterocycles. The molecule has 2 aliphatic carbocycles. The van der Waals surface area contributed by atoms with Gasteiger partial charge in [0.1, 0.15) is 6.10 Å². The highest BCUT2D eigenvalue weighted by atomic mass is 16.6. The summed E-state index contributed by atoms with van der Waals surface area (Å²) in [5.74, 6) is 0.163. The van der Waals surface area contributed by atoms with E-state index in [-0.39, 0.29) is 35.4 Å². The fourth-order valence-electron chi connectivity index (χ4n) is 5.33. The van der Waals surface area contributed by atoms with Gasteiger partial charge < -0.3 is 14.8 Å². The normalized spacial score (nSPS) is 31.5. The molecule has 166 valence electrons. The Balaban J connectivity index is 1.84. The molecule has 0 bridgehead atoms. The van der Waals surface area contributed by atoms with Gasteiger partial charge >= 0.3 is 5.97 Å². The minimum absolute atomic E-state index is 0.119. The van der Waals surface area contributed by atoms with Crippen LogP contribution in [0.3, 0.4) is 0 Å². The van der Waals surface area contributed by atoms with Crippen LogP contribution in [0, 0.1) is 11.8 Å². The summed E-state index contributed by atoms with van der Waals surface area (Å²) in [5, 5.41) is 2.88. The van der Waals surface area contributed by atoms with Crippen molar-refractivity contribution in [2.75, 3.05) is 6.61 Å². The van der Waals surface area contributed by atoms with Crippen LogP contribution in [0.1, 0.15) is 72.3 Å². The fourth-order valence-corrected chi connectivity index (χ4v) is 5.33. The maximum Gasteiger partial charge on any atom is 0.334 e. The summed E-state index contributed by atoms with van der Waals surface area (Å²) in [4.78, 5) is 25.3. The van der Waals surface area contributed by atoms with Crippen molar-refractivity contribution in [1.29, 1.82) is 0 Å². The van der Waals surface area contributed by atoms with Crippen molar-refractivity contribution >= 4 is 11.9 Å². The first-order valence-corrected chi connectivity index (χ1v) is 11.4. The van der Waals surface area contributed by atoms with Gasteiger partial charge in [0.05, 0.1) is 6.10 Å². The maximum atomic E-state index is 13.4. The first-order chi connectivity index (χ1) is 14.2. The summed E-state index contributed by atoms with van der Waals surface area (Å²) < 4.78 is 12.0. The summed E-state index contributed by atoms with van der Waals surface area (Å²) in [6, 6.07) is 10.5. The number of carbonyl (C=O) groups excluding carboxylic acids is 2. The van der Waals surface area contributed by atoms with Gasteiger partial charge in [-0.25, -0.2) is 4.79 Å². The summed E-state index contributed by atoms with van der Waals surface area (Å²) in [7, 11) is 0. The van der Waals surface area contributed by atoms with E-state index >= 15 is 0 Å². The van der Waals surface area contributed by atoms with Crippen molar-refractivity contribution in [2.45, 2.75) is 89.9 Å². The third-order valence-corrected chi connectivity index (χ3v) is 7.24. The molecule has 0 saturated heterocycles. The molecule has 1 aromatic carbocycles. The lowest BCUT2D eigenvalue weighted by Crippen LogP contribution is -2.69. The van der Waals surface area contributed by atoms with Crippen molar-refractivity contribution in [1.82, 2.24) is 5.32 Å². The van der Waals surface area contributed by atoms with Gasteiger partial charge in [-0.2, -0.15) is 0 Å². The van der Waals surface area contributed by atoms with Gasteiger partial charge in [-0.1, -0.05) is 57.5 Å². The zero-order chi connectivity index (χ0) is 21.9. The molecule has 0 heterocycles. The van der Waals surface area contributed by atoms with E-state index in [1.165, 1.54) is 12.5 Å². The highest BCUT2D eigenvalue weighted by Crippen LogP contribution is 2.45. The number of hydrogen-bond donors (Lipinski definition) is 1. The monoisotopic (exact) mass is 415 g/mol. The second-order valence-corrected chi connectivity index (χ2v) is 9.69. The largest absolute Gasteiger partial charge is 0.460 e. The minimum Gasteiger partial charge on any atom is -0.460 e. The van der Waals surface area contributed by atoms with E-state index in [1.807, 2.05) is 13.0 Å². The Bertz CT molecular complexity index is 747. The number of esters is 1. The molecular formula is C25H37NO4. The zero-order valence-corrected chi connectivity index (χ0v) is 19.1. The molecule has 5 atom stereocenters. The molecule has 0 spiro atoms. The number of amides is 1. The van der Waals surface area contributed by atoms with Crippen LogP contribution in [0.25, 0.3) is 0 Å². The minimum atomic E-state index is -1.05. The highest BCUT2D eigenvalue weighted by Gasteiger charge is 2.57. The predicted molar refractivity (Wildman–Crippen MR) is 117 cm³/mol. The molecule has 0 unspecified atom stereocenters. The second kappa shape index (κ2) is 9.09. The van der Waals surface area contributed by atoms with Crippen LogP contribution in [-0.4, -0.2) is 36.2 Å². The molecule has 1 amide bonds. The van der Waals surface area contributed by atoms with Crippen molar-refractivity contribution in [3.63, 3.8) is 0 Å². The fraction of sp³-hybridized carbons (Fsp3) is 0.680. The van der Waals surface area contributed by atoms with Crippen LogP contribution in [-0.2, 0) is 24.5 Å². The van der Waals surface area contributed by atoms with Crippen molar-refractivity contribution in [2.24, 2.45) is 11.8 Å². The quantitative estimate of drug-likeness (QED) is 0.671. The standard InChI is InChI=1S/C25H37NO4/c1-6-29-22-14-15-25(22,26-18(3)27)23(28)30-21-16-17(2)12-13-20(21)24(4,5)19-10-8-7-9-11-19/h7-11,17,20-22H,6,12-16H2,1-5H3,(H,26,27)/t17-,20-,21-,22+,25+/m1/s1. The molecule has 0 radical (unpaired) electrons. The molecule has 0 aromatic heterocycles. The van der Waals surface area contributed by atoms with Gasteiger partial charge in [0.25, 0.3) is 0 Å². The van der Waals surface area contributed by atoms with Gasteiger partial charge in [0, 0.05) is 19.4 Å². The van der Waals surface area contributed by atoms with Crippen LogP contribution in [0.2, 0.25) is 0 Å². The number of hydrogen-bond acceptors (Lipinski definition) is 4. The van der Waals surface area contributed by atoms with Crippen LogP contribution in [0.15, 0.2) is 30.3 Å². The molecule has 1 aromatic rings. The predicted octanol–water partition coefficient (Wildman–Crippen LogP) is 4.39. The summed E-state index contributed by atoms with van der Waals surface area (Å²) in [6.07, 6.45) is 3.82. The molecule has 3 rings (SSSR count). The number of rotatable bonds is 7. The average molecular weight is 416 g/mol. The lowest BCUT2D eigenvalue weighted by atomic mass is 9.64. The molecule has 5 heteroatoms. The van der Waals surface area contributed by atoms with E-state index in [0.717, 1.165) is 25.7 Å². The number of carbonyl (C=O) groups is 2. The Morgan fingerprint density at radius 1 is 1.17 bits per heavy atom. The highest BCUT2D eigenvalue weighted by molar-refractivity contribution is 5.89. The molecule has 2 fully saturated rings. The van der Waals surface area contributed by atoms with E-state index < -0.39 is 5.54 Å². The van der Waals surface area contributed by atoms with Crippen molar-refractivity contribution < 1.29 is 19.1 Å². The Labute approximate surface area is 180 Å². The molecule has 5 nitrogen and oxygen atoms in total. The van der Waals surface area contributed by atoms with Gasteiger partial charge in [-0.3, -0.25) is 4.79 Å². The smallest absolute Gasteiger partial charge is 0.334 e. The first kappa shape index (κ1) is 22.8. The first-order valence-electron chi connectivity index (χ1n) is 11.4. The molecule has 1 N–H and O–H groups in total. The van der Waals surface area contributed by atoms with Crippen molar-refractivity contribution in [3.8, 4) is 0 Å². The molecular weight excluding hydrogens is 378 g/mol. The van der Waals surface area contributed by atoms with Crippen LogP contribution in [0.4, 0.5) is 0 Å². The zero-order valence-electron chi connectivity index (χ0n) is 19.1. The topological polar surface area (TPSA) is 64.6 Å². The lowest BCUT2D eigenvalue weighted by Gasteiger charge is -2.49. The SMILES string of the molecule is CCO[C@H]1CC[C@@]1(NC(C)=O)C(=O)O[C@@H]1C[C@H](C)CC[C@H]1C(C)(C)c1ccccc1. The van der Waals surface area contributed by atoms with Gasteiger partial charge in [-0.15, -0.1) is 0 Å². The molecule has 2 saturated carbocycles. The summed E-state index contributed by atoms with van der Waals surface area (Å²) in [5.41, 5.74) is 0.0918.